The number of carboxylic acid groups (broad SMARTS) is 1. The highest BCUT2D eigenvalue weighted by molar-refractivity contribution is 7.11. The highest BCUT2D eigenvalue weighted by Gasteiger charge is 2.41. The first-order valence-electron chi connectivity index (χ1n) is 7.28. The topological polar surface area (TPSA) is 70.1 Å². The zero-order valence-corrected chi connectivity index (χ0v) is 13.2. The number of carbonyl (C=O) groups is 2. The number of alkyl halides is 3. The third-order valence-electron chi connectivity index (χ3n) is 4.42. The molecule has 23 heavy (non-hydrogen) atoms. The maximum atomic E-state index is 12.1. The molecule has 1 aromatic heterocycles. The molecule has 9 heteroatoms. The van der Waals surface area contributed by atoms with Crippen molar-refractivity contribution in [1.29, 1.82) is 0 Å². The maximum absolute atomic E-state index is 12.1. The minimum atomic E-state index is -5.19. The zero-order valence-electron chi connectivity index (χ0n) is 12.3. The fourth-order valence-electron chi connectivity index (χ4n) is 3.11. The summed E-state index contributed by atoms with van der Waals surface area (Å²) in [5.74, 6) is -1.81. The second-order valence-electron chi connectivity index (χ2n) is 5.95. The summed E-state index contributed by atoms with van der Waals surface area (Å²) in [4.78, 5) is 25.0. The van der Waals surface area contributed by atoms with Gasteiger partial charge in [0.2, 0.25) is 5.78 Å². The Morgan fingerprint density at radius 3 is 2.17 bits per heavy atom. The van der Waals surface area contributed by atoms with E-state index in [-0.39, 0.29) is 5.78 Å². The van der Waals surface area contributed by atoms with E-state index in [9.17, 15) is 18.0 Å². The molecule has 0 N–H and O–H groups in total. The van der Waals surface area contributed by atoms with Gasteiger partial charge < -0.3 is 14.4 Å². The lowest BCUT2D eigenvalue weighted by Gasteiger charge is -2.48. The van der Waals surface area contributed by atoms with E-state index < -0.39 is 12.1 Å². The molecule has 0 atom stereocenters. The van der Waals surface area contributed by atoms with Gasteiger partial charge in [0.25, 0.3) is 0 Å². The van der Waals surface area contributed by atoms with Crippen molar-refractivity contribution in [1.82, 2.24) is 4.98 Å². The minimum absolute atomic E-state index is 0.246. The normalized spacial score (nSPS) is 26.3. The number of carbonyl (C=O) groups excluding carboxylic acids is 2. The predicted octanol–water partition coefficient (Wildman–Crippen LogP) is 1.25. The van der Waals surface area contributed by atoms with Crippen molar-refractivity contribution in [2.45, 2.75) is 25.4 Å². The first-order chi connectivity index (χ1) is 10.7. The van der Waals surface area contributed by atoms with Crippen LogP contribution < -0.4 is 5.11 Å². The molecule has 0 aromatic carbocycles. The Labute approximate surface area is 135 Å². The number of hydrogen-bond donors (Lipinski definition) is 0. The number of hydrogen-bond acceptors (Lipinski definition) is 5. The molecule has 0 aliphatic carbocycles. The molecule has 0 radical (unpaired) electrons. The smallest absolute Gasteiger partial charge is 0.430 e. The first kappa shape index (κ1) is 17.9. The molecular formula is C14H17F3N2O3S. The van der Waals surface area contributed by atoms with Gasteiger partial charge in [-0.05, 0) is 25.2 Å². The van der Waals surface area contributed by atoms with Gasteiger partial charge in [0, 0.05) is 11.6 Å². The third-order valence-corrected chi connectivity index (χ3v) is 5.23. The van der Waals surface area contributed by atoms with Gasteiger partial charge in [0.05, 0.1) is 19.6 Å². The highest BCUT2D eigenvalue weighted by Crippen LogP contribution is 2.33. The van der Waals surface area contributed by atoms with E-state index in [4.69, 9.17) is 9.90 Å². The molecule has 3 aliphatic heterocycles. The van der Waals surface area contributed by atoms with E-state index in [1.165, 1.54) is 50.2 Å². The van der Waals surface area contributed by atoms with Crippen molar-refractivity contribution in [2.24, 2.45) is 5.92 Å². The van der Waals surface area contributed by atoms with Crippen LogP contribution in [0.3, 0.4) is 0 Å². The van der Waals surface area contributed by atoms with Crippen LogP contribution in [0.1, 0.15) is 29.1 Å². The second-order valence-corrected chi connectivity index (χ2v) is 6.84. The number of aliphatic carboxylic acids is 1. The number of nitrogens with zero attached hydrogens (tertiary/aromatic N) is 2. The molecule has 5 nitrogen and oxygen atoms in total. The van der Waals surface area contributed by atoms with Gasteiger partial charge >= 0.3 is 6.18 Å². The van der Waals surface area contributed by atoms with E-state index in [0.717, 1.165) is 10.4 Å². The lowest BCUT2D eigenvalue weighted by atomic mass is 9.85. The number of aromatic nitrogens is 1. The van der Waals surface area contributed by atoms with Crippen LogP contribution in [0.25, 0.3) is 0 Å². The summed E-state index contributed by atoms with van der Waals surface area (Å²) < 4.78 is 32.6. The van der Waals surface area contributed by atoms with Crippen molar-refractivity contribution in [3.63, 3.8) is 0 Å². The number of Topliss-reactive ketones (excluding diaryl/α,β-unsaturated/α-hetero) is 1. The summed E-state index contributed by atoms with van der Waals surface area (Å²) in [7, 11) is 0. The molecule has 0 amide bonds. The molecule has 0 spiro atoms. The average Bonchev–Trinajstić information content (AvgIpc) is 3.02. The van der Waals surface area contributed by atoms with E-state index in [0.29, 0.717) is 11.6 Å². The Morgan fingerprint density at radius 1 is 1.26 bits per heavy atom. The van der Waals surface area contributed by atoms with E-state index in [1.807, 2.05) is 5.38 Å². The first-order valence-corrected chi connectivity index (χ1v) is 8.16. The molecule has 2 bridgehead atoms. The molecule has 3 saturated heterocycles. The van der Waals surface area contributed by atoms with Crippen molar-refractivity contribution < 1.29 is 32.3 Å². The number of ketones is 1. The summed E-state index contributed by atoms with van der Waals surface area (Å²) in [6, 6.07) is 0. The average molecular weight is 350 g/mol. The van der Waals surface area contributed by atoms with Crippen molar-refractivity contribution in [3.05, 3.63) is 16.6 Å². The molecule has 4 rings (SSSR count). The van der Waals surface area contributed by atoms with Crippen LogP contribution in [-0.2, 0) is 4.79 Å². The molecular weight excluding hydrogens is 333 g/mol. The number of fused-ring (bicyclic) bond motifs is 3. The van der Waals surface area contributed by atoms with Gasteiger partial charge in [0.1, 0.15) is 12.5 Å². The standard InChI is InChI=1S/C12H17N2OS.C2HF3O2/c15-11(12-13-4-8-16-12)9-14-5-1-10(2-6-14)3-7-14;3-2(4,5)1(6)7/h4,8,10H,1-3,5-7,9H2;(H,6,7)/q+1;/p-1. The monoisotopic (exact) mass is 350 g/mol. The Bertz CT molecular complexity index is 538. The number of thiazole rings is 1. The van der Waals surface area contributed by atoms with Crippen LogP contribution in [0.15, 0.2) is 11.6 Å². The summed E-state index contributed by atoms with van der Waals surface area (Å²) in [6.07, 6.45) is 0.502. The lowest BCUT2D eigenvalue weighted by molar-refractivity contribution is -0.935. The quantitative estimate of drug-likeness (QED) is 0.608. The molecule has 4 heterocycles. The van der Waals surface area contributed by atoms with Gasteiger partial charge in [-0.3, -0.25) is 4.79 Å². The Kier molecular flexibility index (Phi) is 5.41. The van der Waals surface area contributed by atoms with Gasteiger partial charge in [-0.2, -0.15) is 13.2 Å². The Hall–Kier alpha value is -1.48. The maximum Gasteiger partial charge on any atom is 0.430 e. The molecule has 0 saturated carbocycles. The number of halogens is 3. The fourth-order valence-corrected chi connectivity index (χ4v) is 3.68. The number of piperidine rings is 3. The zero-order chi connectivity index (χ0) is 17.1. The largest absolute Gasteiger partial charge is 0.542 e. The molecule has 0 unspecified atom stereocenters. The van der Waals surface area contributed by atoms with Crippen molar-refractivity contribution in [2.75, 3.05) is 26.2 Å². The van der Waals surface area contributed by atoms with Crippen LogP contribution >= 0.6 is 11.3 Å². The number of carboxylic acids is 1. The molecule has 3 fully saturated rings. The number of rotatable bonds is 3. The van der Waals surface area contributed by atoms with Crippen LogP contribution in [-0.4, -0.2) is 53.6 Å². The lowest BCUT2D eigenvalue weighted by Crippen LogP contribution is -2.60. The Balaban J connectivity index is 0.000000236. The van der Waals surface area contributed by atoms with E-state index in [2.05, 4.69) is 4.98 Å². The van der Waals surface area contributed by atoms with Crippen LogP contribution in [0.5, 0.6) is 0 Å². The van der Waals surface area contributed by atoms with Crippen molar-refractivity contribution in [3.8, 4) is 0 Å². The summed E-state index contributed by atoms with van der Waals surface area (Å²) in [6.45, 7) is 4.31. The molecule has 1 aromatic rings. The minimum Gasteiger partial charge on any atom is -0.542 e. The summed E-state index contributed by atoms with van der Waals surface area (Å²) in [5, 5.41) is 11.4. The van der Waals surface area contributed by atoms with Crippen LogP contribution in [0.4, 0.5) is 13.2 Å². The molecule has 3 aliphatic rings. The second kappa shape index (κ2) is 6.96. The molecule has 128 valence electrons. The fraction of sp³-hybridized carbons (Fsp3) is 0.643. The third kappa shape index (κ3) is 4.74. The predicted molar refractivity (Wildman–Crippen MR) is 74.6 cm³/mol. The Morgan fingerprint density at radius 2 is 1.78 bits per heavy atom. The van der Waals surface area contributed by atoms with Crippen LogP contribution in [0, 0.1) is 5.92 Å². The summed E-state index contributed by atoms with van der Waals surface area (Å²) in [5.41, 5.74) is 0. The van der Waals surface area contributed by atoms with Gasteiger partial charge in [-0.1, -0.05) is 0 Å². The van der Waals surface area contributed by atoms with Gasteiger partial charge in [0.15, 0.2) is 5.01 Å². The van der Waals surface area contributed by atoms with Gasteiger partial charge in [-0.25, -0.2) is 4.98 Å². The van der Waals surface area contributed by atoms with Crippen molar-refractivity contribution >= 4 is 23.1 Å². The number of quaternary nitrogens is 1. The SMILES string of the molecule is O=C(C[N+]12CCC(CC1)CC2)c1nccs1.O=C([O-])C(F)(F)F. The van der Waals surface area contributed by atoms with Gasteiger partial charge in [-0.15, -0.1) is 11.3 Å². The van der Waals surface area contributed by atoms with E-state index >= 15 is 0 Å². The summed E-state index contributed by atoms with van der Waals surface area (Å²) >= 11 is 1.47. The van der Waals surface area contributed by atoms with Crippen LogP contribution in [0.2, 0.25) is 0 Å². The highest BCUT2D eigenvalue weighted by atomic mass is 32.1. The van der Waals surface area contributed by atoms with E-state index in [1.54, 1.807) is 6.20 Å².